The maximum atomic E-state index is 13.2. The van der Waals surface area contributed by atoms with Crippen molar-refractivity contribution in [3.63, 3.8) is 0 Å². The zero-order valence-electron chi connectivity index (χ0n) is 25.6. The fraction of sp³-hybridized carbons (Fsp3) is 0.412. The van der Waals surface area contributed by atoms with Crippen LogP contribution in [0.25, 0.3) is 6.08 Å². The SMILES string of the molecule is CCC[C@@H]1OC(=O)[C@H](C)CNC(=O)[C@@H](Cc2ccc(OC)c(Cl)c2)NC(=O)/C=C/C[C@@H]([C@H](C)/C=C/c2ccccc2)OC1=O. The Bertz CT molecular complexity index is 1340. The molecule has 0 saturated carbocycles. The van der Waals surface area contributed by atoms with Crippen LogP contribution in [-0.2, 0) is 35.1 Å². The molecule has 3 rings (SSSR count). The summed E-state index contributed by atoms with van der Waals surface area (Å²) in [6.07, 6.45) is 6.31. The molecular weight excluding hydrogens is 584 g/mol. The van der Waals surface area contributed by atoms with Crippen molar-refractivity contribution in [1.29, 1.82) is 0 Å². The predicted octanol–water partition coefficient (Wildman–Crippen LogP) is 5.06. The number of ether oxygens (including phenoxy) is 3. The largest absolute Gasteiger partial charge is 0.495 e. The van der Waals surface area contributed by atoms with Crippen molar-refractivity contribution in [3.8, 4) is 5.75 Å². The van der Waals surface area contributed by atoms with E-state index < -0.39 is 47.9 Å². The van der Waals surface area contributed by atoms with E-state index in [1.807, 2.05) is 56.3 Å². The van der Waals surface area contributed by atoms with Crippen molar-refractivity contribution in [1.82, 2.24) is 10.6 Å². The minimum absolute atomic E-state index is 0.0545. The fourth-order valence-corrected chi connectivity index (χ4v) is 4.84. The van der Waals surface area contributed by atoms with Crippen molar-refractivity contribution in [2.45, 2.75) is 64.7 Å². The van der Waals surface area contributed by atoms with Gasteiger partial charge in [-0.05, 0) is 35.8 Å². The maximum absolute atomic E-state index is 13.2. The van der Waals surface area contributed by atoms with Gasteiger partial charge in [0.25, 0.3) is 0 Å². The van der Waals surface area contributed by atoms with Crippen molar-refractivity contribution in [2.24, 2.45) is 11.8 Å². The number of amides is 2. The van der Waals surface area contributed by atoms with Crippen LogP contribution in [0.1, 0.15) is 51.2 Å². The molecule has 0 unspecified atom stereocenters. The van der Waals surface area contributed by atoms with Gasteiger partial charge in [-0.3, -0.25) is 14.4 Å². The molecule has 44 heavy (non-hydrogen) atoms. The third-order valence-corrected chi connectivity index (χ3v) is 7.52. The topological polar surface area (TPSA) is 120 Å². The van der Waals surface area contributed by atoms with Crippen LogP contribution >= 0.6 is 11.6 Å². The zero-order chi connectivity index (χ0) is 32.1. The predicted molar refractivity (Wildman–Crippen MR) is 169 cm³/mol. The smallest absolute Gasteiger partial charge is 0.347 e. The molecule has 10 heteroatoms. The Hall–Kier alpha value is -4.11. The second-order valence-corrected chi connectivity index (χ2v) is 11.2. The highest BCUT2D eigenvalue weighted by atomic mass is 35.5. The summed E-state index contributed by atoms with van der Waals surface area (Å²) in [4.78, 5) is 52.4. The van der Waals surface area contributed by atoms with E-state index in [0.717, 1.165) is 5.56 Å². The number of carbonyl (C=O) groups excluding carboxylic acids is 4. The zero-order valence-corrected chi connectivity index (χ0v) is 26.3. The highest BCUT2D eigenvalue weighted by Crippen LogP contribution is 2.25. The highest BCUT2D eigenvalue weighted by molar-refractivity contribution is 6.32. The quantitative estimate of drug-likeness (QED) is 0.394. The number of hydrogen-bond donors (Lipinski definition) is 2. The number of hydrogen-bond acceptors (Lipinski definition) is 7. The number of carbonyl (C=O) groups is 4. The van der Waals surface area contributed by atoms with Crippen LogP contribution in [0.5, 0.6) is 5.75 Å². The molecule has 0 aliphatic carbocycles. The Balaban J connectivity index is 1.88. The molecule has 2 aromatic rings. The van der Waals surface area contributed by atoms with Gasteiger partial charge in [0.15, 0.2) is 6.10 Å². The lowest BCUT2D eigenvalue weighted by Gasteiger charge is -2.25. The van der Waals surface area contributed by atoms with Gasteiger partial charge in [0.2, 0.25) is 11.8 Å². The van der Waals surface area contributed by atoms with E-state index in [1.54, 1.807) is 31.2 Å². The van der Waals surface area contributed by atoms with E-state index >= 15 is 0 Å². The Morgan fingerprint density at radius 2 is 1.82 bits per heavy atom. The van der Waals surface area contributed by atoms with Crippen LogP contribution in [-0.4, -0.2) is 55.7 Å². The van der Waals surface area contributed by atoms with E-state index in [4.69, 9.17) is 25.8 Å². The first-order valence-corrected chi connectivity index (χ1v) is 15.2. The van der Waals surface area contributed by atoms with E-state index in [2.05, 4.69) is 10.6 Å². The number of cyclic esters (lactones) is 2. The van der Waals surface area contributed by atoms with Crippen molar-refractivity contribution in [3.05, 3.63) is 82.9 Å². The third kappa shape index (κ3) is 10.6. The van der Waals surface area contributed by atoms with Crippen LogP contribution in [0.15, 0.2) is 66.8 Å². The number of rotatable bonds is 8. The van der Waals surface area contributed by atoms with Crippen LogP contribution in [0.3, 0.4) is 0 Å². The molecule has 0 aromatic heterocycles. The van der Waals surface area contributed by atoms with E-state index in [9.17, 15) is 19.2 Å². The summed E-state index contributed by atoms with van der Waals surface area (Å²) < 4.78 is 16.7. The average molecular weight is 625 g/mol. The van der Waals surface area contributed by atoms with Crippen molar-refractivity contribution < 1.29 is 33.4 Å². The third-order valence-electron chi connectivity index (χ3n) is 7.23. The molecule has 0 spiro atoms. The van der Waals surface area contributed by atoms with Crippen LogP contribution in [0.2, 0.25) is 5.02 Å². The first kappa shape index (κ1) is 34.4. The summed E-state index contributed by atoms with van der Waals surface area (Å²) in [7, 11) is 1.51. The van der Waals surface area contributed by atoms with E-state index in [1.165, 1.54) is 13.2 Å². The molecule has 1 heterocycles. The average Bonchev–Trinajstić information content (AvgIpc) is 3.01. The Kier molecular flexibility index (Phi) is 13.5. The van der Waals surface area contributed by atoms with Gasteiger partial charge < -0.3 is 24.8 Å². The molecule has 5 atom stereocenters. The minimum atomic E-state index is -1.09. The summed E-state index contributed by atoms with van der Waals surface area (Å²) in [5.74, 6) is -2.76. The lowest BCUT2D eigenvalue weighted by molar-refractivity contribution is -0.175. The number of methoxy groups -OCH3 is 1. The lowest BCUT2D eigenvalue weighted by Crippen LogP contribution is -2.49. The normalized spacial score (nSPS) is 23.7. The van der Waals surface area contributed by atoms with Gasteiger partial charge >= 0.3 is 11.9 Å². The lowest BCUT2D eigenvalue weighted by atomic mass is 9.99. The molecule has 2 amide bonds. The molecule has 9 nitrogen and oxygen atoms in total. The van der Waals surface area contributed by atoms with Gasteiger partial charge in [0, 0.05) is 25.3 Å². The molecule has 0 saturated heterocycles. The van der Waals surface area contributed by atoms with Crippen LogP contribution in [0, 0.1) is 11.8 Å². The molecule has 2 N–H and O–H groups in total. The first-order valence-electron chi connectivity index (χ1n) is 14.8. The van der Waals surface area contributed by atoms with E-state index in [0.29, 0.717) is 22.8 Å². The van der Waals surface area contributed by atoms with Gasteiger partial charge in [0.05, 0.1) is 18.1 Å². The summed E-state index contributed by atoms with van der Waals surface area (Å²) >= 11 is 6.28. The van der Waals surface area contributed by atoms with Gasteiger partial charge in [-0.2, -0.15) is 0 Å². The van der Waals surface area contributed by atoms with Gasteiger partial charge in [-0.25, -0.2) is 4.79 Å². The Morgan fingerprint density at radius 1 is 1.07 bits per heavy atom. The summed E-state index contributed by atoms with van der Waals surface area (Å²) in [5.41, 5.74) is 1.69. The fourth-order valence-electron chi connectivity index (χ4n) is 4.56. The number of halogens is 1. The first-order chi connectivity index (χ1) is 21.1. The van der Waals surface area contributed by atoms with Gasteiger partial charge in [-0.1, -0.05) is 93.4 Å². The second kappa shape index (κ2) is 17.3. The van der Waals surface area contributed by atoms with Crippen LogP contribution in [0.4, 0.5) is 0 Å². The molecule has 0 bridgehead atoms. The highest BCUT2D eigenvalue weighted by Gasteiger charge is 2.30. The molecule has 2 aromatic carbocycles. The second-order valence-electron chi connectivity index (χ2n) is 10.8. The van der Waals surface area contributed by atoms with Gasteiger partial charge in [-0.15, -0.1) is 0 Å². The van der Waals surface area contributed by atoms with Crippen LogP contribution < -0.4 is 15.4 Å². The number of benzene rings is 2. The number of nitrogens with one attached hydrogen (secondary N) is 2. The maximum Gasteiger partial charge on any atom is 0.347 e. The molecule has 1 aliphatic heterocycles. The van der Waals surface area contributed by atoms with Gasteiger partial charge in [0.1, 0.15) is 17.9 Å². The molecule has 236 valence electrons. The Labute approximate surface area is 264 Å². The van der Waals surface area contributed by atoms with Crippen molar-refractivity contribution in [2.75, 3.05) is 13.7 Å². The van der Waals surface area contributed by atoms with Crippen molar-refractivity contribution >= 4 is 41.4 Å². The molecule has 0 radical (unpaired) electrons. The monoisotopic (exact) mass is 624 g/mol. The standard InChI is InChI=1S/C34H41ClN2O7/c1-5-10-30-34(41)43-28(22(2)15-16-24-11-7-6-8-12-24)13-9-14-31(38)37-27(32(39)36-21-23(3)33(40)44-30)20-25-17-18-29(42-4)26(35)19-25/h6-9,11-12,14-19,22-23,27-28,30H,5,10,13,20-21H2,1-4H3,(H,36,39)(H,37,38)/b14-9+,16-15+/t22-,23-,27-,28+,30+/m1/s1. The molecule has 0 fully saturated rings. The minimum Gasteiger partial charge on any atom is -0.495 e. The number of esters is 2. The summed E-state index contributed by atoms with van der Waals surface area (Å²) in [6, 6.07) is 13.9. The summed E-state index contributed by atoms with van der Waals surface area (Å²) in [5, 5.41) is 5.84. The molecular formula is C34H41ClN2O7. The molecule has 1 aliphatic rings. The summed E-state index contributed by atoms with van der Waals surface area (Å²) in [6.45, 7) is 5.33. The van der Waals surface area contributed by atoms with E-state index in [-0.39, 0.29) is 31.7 Å². The Morgan fingerprint density at radius 3 is 2.50 bits per heavy atom.